The van der Waals surface area contributed by atoms with Crippen LogP contribution in [0.5, 0.6) is 0 Å². The summed E-state index contributed by atoms with van der Waals surface area (Å²) in [5.41, 5.74) is 8.59. The molecule has 0 unspecified atom stereocenters. The molecule has 0 fully saturated rings. The third kappa shape index (κ3) is 2.47. The average molecular weight is 396 g/mol. The lowest BCUT2D eigenvalue weighted by molar-refractivity contribution is -0.671. The lowest BCUT2D eigenvalue weighted by Gasteiger charge is -2.33. The molecule has 3 nitrogen and oxygen atoms in total. The van der Waals surface area contributed by atoms with Crippen molar-refractivity contribution in [3.8, 4) is 0 Å². The van der Waals surface area contributed by atoms with Gasteiger partial charge in [-0.3, -0.25) is 0 Å². The highest BCUT2D eigenvalue weighted by molar-refractivity contribution is 6.58. The normalized spacial score (nSPS) is 18.0. The fraction of sp³-hybridized carbons (Fsp3) is 0.391. The van der Waals surface area contributed by atoms with Crippen LogP contribution < -0.4 is 4.57 Å². The fourth-order valence-corrected chi connectivity index (χ4v) is 5.42. The molecule has 4 heterocycles. The molecule has 2 aliphatic heterocycles. The number of aryl methyl sites for hydroxylation is 1. The standard InChI is InChI=1S/C23H29BF2N3/c1-8-19-14(3)22-21(18-10-12-27(7)13-11-18)23-15(4)20(9-2)17(6)29(23)24(25,26)28(22)16(19)5/h10-13H,8-9H2,1-7H3/q+1. The molecule has 0 atom stereocenters. The molecule has 0 radical (unpaired) electrons. The van der Waals surface area contributed by atoms with Gasteiger partial charge in [-0.1, -0.05) is 13.8 Å². The summed E-state index contributed by atoms with van der Waals surface area (Å²) >= 11 is 0. The number of fused-ring (bicyclic) bond motifs is 2. The van der Waals surface area contributed by atoms with Crippen molar-refractivity contribution in [1.82, 2.24) is 4.48 Å². The Kier molecular flexibility index (Phi) is 4.45. The number of aromatic nitrogens is 2. The van der Waals surface area contributed by atoms with Gasteiger partial charge in [-0.2, -0.15) is 0 Å². The molecule has 0 spiro atoms. The van der Waals surface area contributed by atoms with E-state index >= 15 is 8.63 Å². The maximum absolute atomic E-state index is 16.1. The minimum Gasteiger partial charge on any atom is -0.393 e. The van der Waals surface area contributed by atoms with Crippen molar-refractivity contribution in [2.45, 2.75) is 54.4 Å². The summed E-state index contributed by atoms with van der Waals surface area (Å²) in [6.45, 7) is 7.79. The van der Waals surface area contributed by atoms with Crippen LogP contribution >= 0.6 is 0 Å². The van der Waals surface area contributed by atoms with E-state index in [0.29, 0.717) is 22.8 Å². The number of nitrogens with zero attached hydrogens (tertiary/aromatic N) is 3. The molecule has 0 aliphatic carbocycles. The number of halogens is 2. The topological polar surface area (TPSA) is 11.8 Å². The van der Waals surface area contributed by atoms with Crippen molar-refractivity contribution in [1.29, 1.82) is 0 Å². The van der Waals surface area contributed by atoms with Crippen LogP contribution in [-0.4, -0.2) is 21.6 Å². The van der Waals surface area contributed by atoms with Crippen molar-refractivity contribution in [2.24, 2.45) is 7.05 Å². The van der Waals surface area contributed by atoms with Gasteiger partial charge in [0.25, 0.3) is 0 Å². The van der Waals surface area contributed by atoms with E-state index in [2.05, 4.69) is 0 Å². The van der Waals surface area contributed by atoms with E-state index in [-0.39, 0.29) is 0 Å². The van der Waals surface area contributed by atoms with Crippen LogP contribution in [0, 0.1) is 13.8 Å². The Morgan fingerprint density at radius 2 is 1.62 bits per heavy atom. The lowest BCUT2D eigenvalue weighted by Crippen LogP contribution is -2.51. The van der Waals surface area contributed by atoms with E-state index in [4.69, 9.17) is 0 Å². The van der Waals surface area contributed by atoms with Gasteiger partial charge in [0.15, 0.2) is 18.1 Å². The average Bonchev–Trinajstić information content (AvgIpc) is 3.08. The smallest absolute Gasteiger partial charge is 0.393 e. The van der Waals surface area contributed by atoms with Crippen molar-refractivity contribution < 1.29 is 17.7 Å². The van der Waals surface area contributed by atoms with Gasteiger partial charge in [-0.15, -0.1) is 0 Å². The second-order valence-corrected chi connectivity index (χ2v) is 8.24. The molecule has 2 aromatic rings. The van der Waals surface area contributed by atoms with Crippen LogP contribution in [0.1, 0.15) is 62.2 Å². The van der Waals surface area contributed by atoms with Crippen molar-refractivity contribution >= 4 is 18.3 Å². The summed E-state index contributed by atoms with van der Waals surface area (Å²) in [5.74, 6) is 0. The zero-order valence-electron chi connectivity index (χ0n) is 18.4. The first kappa shape index (κ1) is 19.8. The van der Waals surface area contributed by atoms with Gasteiger partial charge in [-0.25, -0.2) is 4.57 Å². The Hall–Kier alpha value is -2.50. The molecule has 2 aliphatic rings. The van der Waals surface area contributed by atoms with Gasteiger partial charge in [0.2, 0.25) is 0 Å². The van der Waals surface area contributed by atoms with E-state index in [1.165, 1.54) is 8.96 Å². The highest BCUT2D eigenvalue weighted by atomic mass is 19.2. The SMILES string of the molecule is CCC1=C(C)C2=C(c3cc[n+](C)cc3)c3c(C)c(CC)c(C)n3[B-](F)(F)[N+]2=C1C. The zero-order chi connectivity index (χ0) is 21.2. The van der Waals surface area contributed by atoms with Crippen molar-refractivity contribution in [3.05, 3.63) is 69.4 Å². The first-order valence-electron chi connectivity index (χ1n) is 10.4. The number of hydrogen-bond acceptors (Lipinski definition) is 0. The number of hydrogen-bond donors (Lipinski definition) is 0. The third-order valence-corrected chi connectivity index (χ3v) is 6.76. The first-order valence-corrected chi connectivity index (χ1v) is 10.4. The molecular weight excluding hydrogens is 367 g/mol. The number of allylic oxidation sites excluding steroid dienone is 2. The molecule has 0 saturated carbocycles. The largest absolute Gasteiger partial charge is 0.737 e. The van der Waals surface area contributed by atoms with Crippen LogP contribution in [0.2, 0.25) is 0 Å². The van der Waals surface area contributed by atoms with E-state index in [1.807, 2.05) is 77.7 Å². The lowest BCUT2D eigenvalue weighted by atomic mass is 9.84. The van der Waals surface area contributed by atoms with Gasteiger partial charge in [0.1, 0.15) is 12.8 Å². The van der Waals surface area contributed by atoms with Crippen molar-refractivity contribution in [3.63, 3.8) is 0 Å². The van der Waals surface area contributed by atoms with Gasteiger partial charge in [0.05, 0.1) is 5.57 Å². The molecule has 2 aromatic heterocycles. The molecule has 0 aromatic carbocycles. The quantitative estimate of drug-likeness (QED) is 0.527. The van der Waals surface area contributed by atoms with Crippen molar-refractivity contribution in [2.75, 3.05) is 0 Å². The molecular formula is C23H29BF2N3+. The van der Waals surface area contributed by atoms with E-state index in [0.717, 1.165) is 46.3 Å². The van der Waals surface area contributed by atoms with Gasteiger partial charge < -0.3 is 17.6 Å². The summed E-state index contributed by atoms with van der Waals surface area (Å²) in [6, 6.07) is 4.06. The monoisotopic (exact) mass is 396 g/mol. The molecule has 29 heavy (non-hydrogen) atoms. The predicted molar refractivity (Wildman–Crippen MR) is 114 cm³/mol. The van der Waals surface area contributed by atoms with E-state index in [9.17, 15) is 0 Å². The summed E-state index contributed by atoms with van der Waals surface area (Å²) in [7, 11) is 1.97. The summed E-state index contributed by atoms with van der Waals surface area (Å²) in [4.78, 5) is 0. The molecule has 0 amide bonds. The summed E-state index contributed by atoms with van der Waals surface area (Å²) in [5, 5.41) is 0. The maximum Gasteiger partial charge on any atom is 0.737 e. The molecule has 0 saturated heterocycles. The Bertz CT molecular complexity index is 1130. The number of pyridine rings is 1. The van der Waals surface area contributed by atoms with E-state index < -0.39 is 6.97 Å². The van der Waals surface area contributed by atoms with Crippen LogP contribution in [-0.2, 0) is 13.5 Å². The Morgan fingerprint density at radius 1 is 1.00 bits per heavy atom. The van der Waals surface area contributed by atoms with Crippen LogP contribution in [0.4, 0.5) is 8.63 Å². The number of rotatable bonds is 3. The minimum absolute atomic E-state index is 0.675. The van der Waals surface area contributed by atoms with Crippen LogP contribution in [0.3, 0.4) is 0 Å². The summed E-state index contributed by atoms with van der Waals surface area (Å²) in [6.07, 6.45) is 5.45. The maximum atomic E-state index is 16.1. The second kappa shape index (κ2) is 6.51. The first-order chi connectivity index (χ1) is 13.7. The zero-order valence-corrected chi connectivity index (χ0v) is 18.4. The Balaban J connectivity index is 2.22. The fourth-order valence-electron chi connectivity index (χ4n) is 5.42. The Labute approximate surface area is 171 Å². The van der Waals surface area contributed by atoms with E-state index in [1.54, 1.807) is 0 Å². The van der Waals surface area contributed by atoms with Gasteiger partial charge in [-0.05, 0) is 50.4 Å². The second-order valence-electron chi connectivity index (χ2n) is 8.24. The highest BCUT2D eigenvalue weighted by Gasteiger charge is 2.56. The minimum atomic E-state index is -3.96. The molecule has 0 bridgehead atoms. The van der Waals surface area contributed by atoms with Crippen LogP contribution in [0.15, 0.2) is 41.4 Å². The Morgan fingerprint density at radius 3 is 2.17 bits per heavy atom. The summed E-state index contributed by atoms with van der Waals surface area (Å²) < 4.78 is 36.8. The molecule has 0 N–H and O–H groups in total. The highest BCUT2D eigenvalue weighted by Crippen LogP contribution is 2.46. The van der Waals surface area contributed by atoms with Gasteiger partial charge >= 0.3 is 6.97 Å². The molecule has 152 valence electrons. The molecule has 6 heteroatoms. The van der Waals surface area contributed by atoms with Crippen LogP contribution in [0.25, 0.3) is 5.57 Å². The predicted octanol–water partition coefficient (Wildman–Crippen LogP) is 4.70. The van der Waals surface area contributed by atoms with Gasteiger partial charge in [0, 0.05) is 41.5 Å². The third-order valence-electron chi connectivity index (χ3n) is 6.76. The molecule has 4 rings (SSSR count).